The monoisotopic (exact) mass is 440 g/mol. The summed E-state index contributed by atoms with van der Waals surface area (Å²) < 4.78 is 22.2. The summed E-state index contributed by atoms with van der Waals surface area (Å²) in [4.78, 5) is 38.3. The van der Waals surface area contributed by atoms with E-state index in [9.17, 15) is 34.8 Å². The molecule has 6 aliphatic rings. The maximum absolute atomic E-state index is 13.4. The van der Waals surface area contributed by atoms with Crippen LogP contribution in [0.3, 0.4) is 0 Å². The van der Waals surface area contributed by atoms with Gasteiger partial charge in [-0.05, 0) is 12.3 Å². The van der Waals surface area contributed by atoms with E-state index in [0.717, 1.165) is 0 Å². The van der Waals surface area contributed by atoms with Gasteiger partial charge in [0.2, 0.25) is 11.9 Å². The molecular weight excluding hydrogens is 416 g/mol. The van der Waals surface area contributed by atoms with Crippen LogP contribution in [-0.4, -0.2) is 86.3 Å². The lowest BCUT2D eigenvalue weighted by molar-refractivity contribution is -0.240. The SMILES string of the molecule is C[C@@H]1C(=O)OC2C(O)C34[C@@H]5OC(=O)[C@@]3(O[C@@H]3OC(=O)[C@H](O)[C@@]34[C@H](C(C)(C)C)[C@H]5O)[C@]21O. The van der Waals surface area contributed by atoms with E-state index in [-0.39, 0.29) is 0 Å². The predicted octanol–water partition coefficient (Wildman–Crippen LogP) is -2.40. The molecule has 11 nitrogen and oxygen atoms in total. The van der Waals surface area contributed by atoms with Gasteiger partial charge in [-0.25, -0.2) is 9.59 Å². The highest BCUT2D eigenvalue weighted by molar-refractivity contribution is 5.94. The van der Waals surface area contributed by atoms with Gasteiger partial charge in [-0.1, -0.05) is 20.8 Å². The number of aliphatic hydroxyl groups is 4. The Labute approximate surface area is 176 Å². The molecule has 0 radical (unpaired) electrons. The van der Waals surface area contributed by atoms with Crippen molar-refractivity contribution in [1.82, 2.24) is 0 Å². The first kappa shape index (κ1) is 19.9. The quantitative estimate of drug-likeness (QED) is 0.234. The Hall–Kier alpha value is -1.79. The maximum atomic E-state index is 13.4. The molecule has 11 heteroatoms. The van der Waals surface area contributed by atoms with Crippen molar-refractivity contribution in [3.05, 3.63) is 0 Å². The molecule has 0 aromatic heterocycles. The van der Waals surface area contributed by atoms with Crippen LogP contribution in [0.1, 0.15) is 27.7 Å². The zero-order valence-corrected chi connectivity index (χ0v) is 17.3. The fraction of sp³-hybridized carbons (Fsp3) is 0.850. The average Bonchev–Trinajstić information content (AvgIpc) is 3.35. The minimum Gasteiger partial charge on any atom is -0.456 e. The van der Waals surface area contributed by atoms with Crippen LogP contribution in [-0.2, 0) is 33.3 Å². The fourth-order valence-electron chi connectivity index (χ4n) is 8.27. The van der Waals surface area contributed by atoms with Crippen LogP contribution in [0.25, 0.3) is 0 Å². The molecule has 0 aromatic rings. The first-order chi connectivity index (χ1) is 14.3. The molecule has 2 aliphatic carbocycles. The van der Waals surface area contributed by atoms with Gasteiger partial charge in [-0.2, -0.15) is 0 Å². The van der Waals surface area contributed by atoms with Crippen LogP contribution in [0.2, 0.25) is 0 Å². The van der Waals surface area contributed by atoms with Gasteiger partial charge in [0.15, 0.2) is 17.8 Å². The van der Waals surface area contributed by atoms with E-state index in [1.54, 1.807) is 20.8 Å². The van der Waals surface area contributed by atoms with Crippen molar-refractivity contribution in [1.29, 1.82) is 0 Å². The number of carbonyl (C=O) groups is 3. The molecule has 0 amide bonds. The van der Waals surface area contributed by atoms with E-state index < -0.39 is 94.0 Å². The van der Waals surface area contributed by atoms with E-state index in [4.69, 9.17) is 18.9 Å². The van der Waals surface area contributed by atoms with Gasteiger partial charge in [0.05, 0.1) is 22.9 Å². The highest BCUT2D eigenvalue weighted by atomic mass is 16.8. The minimum absolute atomic E-state index is 0.792. The molecule has 0 bridgehead atoms. The van der Waals surface area contributed by atoms with Gasteiger partial charge in [0, 0.05) is 5.92 Å². The third-order valence-corrected chi connectivity index (χ3v) is 8.95. The van der Waals surface area contributed by atoms with Gasteiger partial charge in [-0.3, -0.25) is 4.79 Å². The normalized spacial score (nSPS) is 61.0. The van der Waals surface area contributed by atoms with Gasteiger partial charge in [-0.15, -0.1) is 0 Å². The zero-order valence-electron chi connectivity index (χ0n) is 17.3. The lowest BCUT2D eigenvalue weighted by Crippen LogP contribution is -2.67. The van der Waals surface area contributed by atoms with Crippen LogP contribution in [0.4, 0.5) is 0 Å². The van der Waals surface area contributed by atoms with Crippen molar-refractivity contribution >= 4 is 17.9 Å². The number of esters is 3. The Balaban J connectivity index is 1.75. The Morgan fingerprint density at radius 2 is 1.58 bits per heavy atom. The summed E-state index contributed by atoms with van der Waals surface area (Å²) in [6, 6.07) is 0. The second-order valence-corrected chi connectivity index (χ2v) is 10.8. The Morgan fingerprint density at radius 3 is 2.19 bits per heavy atom. The number of fused-ring (bicyclic) bond motifs is 1. The van der Waals surface area contributed by atoms with Crippen molar-refractivity contribution in [3.63, 3.8) is 0 Å². The molecule has 170 valence electrons. The first-order valence-electron chi connectivity index (χ1n) is 10.3. The average molecular weight is 440 g/mol. The summed E-state index contributed by atoms with van der Waals surface area (Å²) in [5, 5.41) is 46.1. The van der Waals surface area contributed by atoms with Crippen molar-refractivity contribution in [2.45, 2.75) is 75.7 Å². The molecule has 2 saturated carbocycles. The second-order valence-electron chi connectivity index (χ2n) is 10.8. The molecule has 4 saturated heterocycles. The molecule has 12 atom stereocenters. The number of hydrogen-bond acceptors (Lipinski definition) is 11. The van der Waals surface area contributed by atoms with Gasteiger partial charge in [0.25, 0.3) is 0 Å². The summed E-state index contributed by atoms with van der Waals surface area (Å²) in [5.74, 6) is -5.22. The summed E-state index contributed by atoms with van der Waals surface area (Å²) in [7, 11) is 0. The van der Waals surface area contributed by atoms with E-state index in [1.807, 2.05) is 0 Å². The zero-order chi connectivity index (χ0) is 22.7. The third kappa shape index (κ3) is 1.43. The molecule has 4 aliphatic heterocycles. The molecule has 31 heavy (non-hydrogen) atoms. The van der Waals surface area contributed by atoms with Crippen LogP contribution in [0.5, 0.6) is 0 Å². The molecule has 3 unspecified atom stereocenters. The standard InChI is InChI=1S/C20H24O11/c1-5-12(24)28-11-8(22)18-10-6(21)7(16(2,3)4)17(18)9(23)13(25)30-15(17)31-20(18,14(26)29-10)19(5,11)27/h5-11,15,21-23,27H,1-4H3/t5-,6-,7+,8?,9+,10-,11?,15+,17+,18?,19-,20+/m1/s1. The number of carbonyl (C=O) groups excluding carboxylic acids is 3. The highest BCUT2D eigenvalue weighted by Crippen LogP contribution is 2.84. The topological polar surface area (TPSA) is 169 Å². The number of hydrogen-bond donors (Lipinski definition) is 4. The van der Waals surface area contributed by atoms with Crippen molar-refractivity contribution in [2.24, 2.45) is 28.1 Å². The lowest BCUT2D eigenvalue weighted by Gasteiger charge is -2.47. The summed E-state index contributed by atoms with van der Waals surface area (Å²) in [6.45, 7) is 6.63. The molecular formula is C20H24O11. The smallest absolute Gasteiger partial charge is 0.343 e. The Kier molecular flexibility index (Phi) is 3.15. The molecule has 6 rings (SSSR count). The maximum Gasteiger partial charge on any atom is 0.343 e. The lowest BCUT2D eigenvalue weighted by atomic mass is 9.51. The number of rotatable bonds is 0. The van der Waals surface area contributed by atoms with Crippen molar-refractivity contribution in [3.8, 4) is 0 Å². The van der Waals surface area contributed by atoms with Crippen LogP contribution in [0, 0.1) is 28.1 Å². The molecule has 4 N–H and O–H groups in total. The number of ether oxygens (including phenoxy) is 4. The van der Waals surface area contributed by atoms with Crippen molar-refractivity contribution in [2.75, 3.05) is 0 Å². The highest BCUT2D eigenvalue weighted by Gasteiger charge is 3.05. The Morgan fingerprint density at radius 1 is 0.935 bits per heavy atom. The van der Waals surface area contributed by atoms with E-state index in [0.29, 0.717) is 0 Å². The van der Waals surface area contributed by atoms with Gasteiger partial charge >= 0.3 is 17.9 Å². The molecule has 0 aromatic carbocycles. The summed E-state index contributed by atoms with van der Waals surface area (Å²) in [5.41, 5.74) is -9.40. The van der Waals surface area contributed by atoms with Crippen molar-refractivity contribution < 1.29 is 53.8 Å². The fourth-order valence-corrected chi connectivity index (χ4v) is 8.27. The first-order valence-corrected chi connectivity index (χ1v) is 10.3. The van der Waals surface area contributed by atoms with Crippen LogP contribution >= 0.6 is 0 Å². The van der Waals surface area contributed by atoms with Gasteiger partial charge in [0.1, 0.15) is 12.2 Å². The molecule has 2 spiro atoms. The predicted molar refractivity (Wildman–Crippen MR) is 93.4 cm³/mol. The van der Waals surface area contributed by atoms with Gasteiger partial charge < -0.3 is 39.4 Å². The van der Waals surface area contributed by atoms with Crippen LogP contribution in [0.15, 0.2) is 0 Å². The number of aliphatic hydroxyl groups excluding tert-OH is 3. The van der Waals surface area contributed by atoms with E-state index in [2.05, 4.69) is 0 Å². The minimum atomic E-state index is -2.40. The largest absolute Gasteiger partial charge is 0.456 e. The molecule has 4 heterocycles. The second kappa shape index (κ2) is 4.91. The third-order valence-electron chi connectivity index (χ3n) is 8.95. The van der Waals surface area contributed by atoms with E-state index in [1.165, 1.54) is 6.92 Å². The Bertz CT molecular complexity index is 957. The van der Waals surface area contributed by atoms with E-state index >= 15 is 0 Å². The molecule has 6 fully saturated rings. The summed E-state index contributed by atoms with van der Waals surface area (Å²) in [6.07, 6.45) is -9.69. The summed E-state index contributed by atoms with van der Waals surface area (Å²) >= 11 is 0. The van der Waals surface area contributed by atoms with Crippen LogP contribution < -0.4 is 0 Å².